The van der Waals surface area contributed by atoms with E-state index < -0.39 is 14.4 Å². The Bertz CT molecular complexity index is 308. The zero-order valence-corrected chi connectivity index (χ0v) is 14.1. The van der Waals surface area contributed by atoms with Gasteiger partial charge in [-0.15, -0.1) is 0 Å². The van der Waals surface area contributed by atoms with E-state index >= 15 is 0 Å². The maximum atomic E-state index is 10.6. The van der Waals surface area contributed by atoms with E-state index in [0.29, 0.717) is 6.61 Å². The smallest absolute Gasteiger partial charge is 0.405 e. The molecule has 0 aliphatic rings. The van der Waals surface area contributed by atoms with Crippen molar-refractivity contribution in [3.8, 4) is 0 Å². The molecular formula is C14H29NO3Si. The molecule has 0 saturated carbocycles. The van der Waals surface area contributed by atoms with Crippen molar-refractivity contribution in [2.75, 3.05) is 6.61 Å². The molecule has 0 rings (SSSR count). The first-order valence-electron chi connectivity index (χ1n) is 6.90. The van der Waals surface area contributed by atoms with E-state index in [1.807, 2.05) is 19.1 Å². The number of carbonyl (C=O) groups is 1. The lowest BCUT2D eigenvalue weighted by Crippen LogP contribution is -2.40. The highest BCUT2D eigenvalue weighted by atomic mass is 28.4. The molecular weight excluding hydrogens is 258 g/mol. The first-order chi connectivity index (χ1) is 8.60. The predicted octanol–water partition coefficient (Wildman–Crippen LogP) is 4.00. The van der Waals surface area contributed by atoms with E-state index in [9.17, 15) is 4.79 Å². The molecule has 5 heteroatoms. The van der Waals surface area contributed by atoms with Crippen molar-refractivity contribution in [1.82, 2.24) is 5.32 Å². The van der Waals surface area contributed by atoms with Crippen molar-refractivity contribution in [3.63, 3.8) is 0 Å². The standard InChI is InChI=1S/C14H29NO3Si/c1-7-9-12(15-13(16)17)10-8-11-18-19(5,6)14(2,3)4/h8,10,12,15H,7,9,11H2,1-6H3,(H,16,17)/t12-/m0/s1. The molecule has 1 amide bonds. The van der Waals surface area contributed by atoms with Crippen LogP contribution in [0.25, 0.3) is 0 Å². The van der Waals surface area contributed by atoms with Crippen molar-refractivity contribution in [1.29, 1.82) is 0 Å². The fourth-order valence-electron chi connectivity index (χ4n) is 1.38. The zero-order valence-electron chi connectivity index (χ0n) is 13.1. The van der Waals surface area contributed by atoms with Crippen LogP contribution in [0.5, 0.6) is 0 Å². The summed E-state index contributed by atoms with van der Waals surface area (Å²) in [6.45, 7) is 13.6. The highest BCUT2D eigenvalue weighted by Crippen LogP contribution is 2.36. The number of hydrogen-bond acceptors (Lipinski definition) is 2. The summed E-state index contributed by atoms with van der Waals surface area (Å²) in [5, 5.41) is 11.4. The van der Waals surface area contributed by atoms with Gasteiger partial charge < -0.3 is 14.8 Å². The third kappa shape index (κ3) is 7.37. The molecule has 0 spiro atoms. The topological polar surface area (TPSA) is 58.6 Å². The maximum absolute atomic E-state index is 10.6. The Morgan fingerprint density at radius 1 is 1.42 bits per heavy atom. The van der Waals surface area contributed by atoms with E-state index in [2.05, 4.69) is 39.2 Å². The molecule has 1 atom stereocenters. The van der Waals surface area contributed by atoms with Crippen LogP contribution in [0.1, 0.15) is 40.5 Å². The van der Waals surface area contributed by atoms with E-state index in [4.69, 9.17) is 9.53 Å². The highest BCUT2D eigenvalue weighted by molar-refractivity contribution is 6.74. The Labute approximate surface area is 118 Å². The lowest BCUT2D eigenvalue weighted by atomic mass is 10.1. The summed E-state index contributed by atoms with van der Waals surface area (Å²) in [7, 11) is -1.72. The van der Waals surface area contributed by atoms with Crippen molar-refractivity contribution < 1.29 is 14.3 Å². The van der Waals surface area contributed by atoms with E-state index in [0.717, 1.165) is 12.8 Å². The average molecular weight is 287 g/mol. The summed E-state index contributed by atoms with van der Waals surface area (Å²) >= 11 is 0. The summed E-state index contributed by atoms with van der Waals surface area (Å²) in [5.74, 6) is 0. The van der Waals surface area contributed by atoms with Crippen LogP contribution >= 0.6 is 0 Å². The molecule has 2 N–H and O–H groups in total. The summed E-state index contributed by atoms with van der Waals surface area (Å²) in [6, 6.07) is -0.120. The normalized spacial score (nSPS) is 14.6. The van der Waals surface area contributed by atoms with Gasteiger partial charge >= 0.3 is 6.09 Å². The Hall–Kier alpha value is -0.813. The van der Waals surface area contributed by atoms with E-state index in [1.54, 1.807) is 0 Å². The molecule has 0 unspecified atom stereocenters. The molecule has 4 nitrogen and oxygen atoms in total. The Balaban J connectivity index is 4.29. The summed E-state index contributed by atoms with van der Waals surface area (Å²) in [5.41, 5.74) is 0. The third-order valence-corrected chi connectivity index (χ3v) is 8.12. The van der Waals surface area contributed by atoms with Gasteiger partial charge in [0, 0.05) is 0 Å². The van der Waals surface area contributed by atoms with Crippen LogP contribution in [0.15, 0.2) is 12.2 Å². The van der Waals surface area contributed by atoms with Crippen LogP contribution in [0.2, 0.25) is 18.1 Å². The molecule has 0 aromatic carbocycles. The van der Waals surface area contributed by atoms with Crippen LogP contribution < -0.4 is 5.32 Å². The number of hydrogen-bond donors (Lipinski definition) is 2. The largest absolute Gasteiger partial charge is 0.465 e. The predicted molar refractivity (Wildman–Crippen MR) is 82.1 cm³/mol. The van der Waals surface area contributed by atoms with Crippen LogP contribution in [0.3, 0.4) is 0 Å². The van der Waals surface area contributed by atoms with Crippen molar-refractivity contribution in [2.45, 2.75) is 64.7 Å². The summed E-state index contributed by atoms with van der Waals surface area (Å²) < 4.78 is 6.00. The van der Waals surface area contributed by atoms with E-state index in [1.165, 1.54) is 0 Å². The quantitative estimate of drug-likeness (QED) is 0.549. The second-order valence-electron chi connectivity index (χ2n) is 6.34. The number of rotatable bonds is 7. The minimum atomic E-state index is -1.72. The van der Waals surface area contributed by atoms with Gasteiger partial charge in [0.05, 0.1) is 12.6 Å². The fourth-order valence-corrected chi connectivity index (χ4v) is 2.32. The van der Waals surface area contributed by atoms with Gasteiger partial charge in [0.15, 0.2) is 8.32 Å². The molecule has 0 aliphatic carbocycles. The van der Waals surface area contributed by atoms with Crippen molar-refractivity contribution in [3.05, 3.63) is 12.2 Å². The summed E-state index contributed by atoms with van der Waals surface area (Å²) in [4.78, 5) is 10.6. The van der Waals surface area contributed by atoms with Crippen LogP contribution in [0.4, 0.5) is 4.79 Å². The molecule has 0 aromatic rings. The zero-order chi connectivity index (χ0) is 15.1. The fraction of sp³-hybridized carbons (Fsp3) is 0.786. The molecule has 0 saturated heterocycles. The molecule has 19 heavy (non-hydrogen) atoms. The maximum Gasteiger partial charge on any atom is 0.405 e. The minimum absolute atomic E-state index is 0.120. The minimum Gasteiger partial charge on any atom is -0.465 e. The van der Waals surface area contributed by atoms with Crippen LogP contribution in [0, 0.1) is 0 Å². The Kier molecular flexibility index (Phi) is 7.37. The van der Waals surface area contributed by atoms with Gasteiger partial charge in [-0.25, -0.2) is 4.79 Å². The molecule has 0 bridgehead atoms. The van der Waals surface area contributed by atoms with E-state index in [-0.39, 0.29) is 11.1 Å². The lowest BCUT2D eigenvalue weighted by Gasteiger charge is -2.35. The van der Waals surface area contributed by atoms with Gasteiger partial charge in [0.2, 0.25) is 0 Å². The SMILES string of the molecule is CCC[C@@H](C=CCO[Si](C)(C)C(C)(C)C)NC(=O)O. The van der Waals surface area contributed by atoms with Gasteiger partial charge in [0.1, 0.15) is 0 Å². The molecule has 0 heterocycles. The van der Waals surface area contributed by atoms with Gasteiger partial charge in [-0.1, -0.05) is 46.3 Å². The average Bonchev–Trinajstić information content (AvgIpc) is 2.22. The van der Waals surface area contributed by atoms with Gasteiger partial charge in [-0.05, 0) is 24.6 Å². The lowest BCUT2D eigenvalue weighted by molar-refractivity contribution is 0.191. The Morgan fingerprint density at radius 2 is 2.00 bits per heavy atom. The number of carboxylic acid groups (broad SMARTS) is 1. The Morgan fingerprint density at radius 3 is 2.42 bits per heavy atom. The van der Waals surface area contributed by atoms with Crippen LogP contribution in [-0.2, 0) is 4.43 Å². The molecule has 0 aliphatic heterocycles. The molecule has 0 fully saturated rings. The van der Waals surface area contributed by atoms with Gasteiger partial charge in [-0.3, -0.25) is 0 Å². The second-order valence-corrected chi connectivity index (χ2v) is 11.2. The number of amides is 1. The highest BCUT2D eigenvalue weighted by Gasteiger charge is 2.36. The molecule has 0 radical (unpaired) electrons. The van der Waals surface area contributed by atoms with Crippen LogP contribution in [-0.4, -0.2) is 32.2 Å². The third-order valence-electron chi connectivity index (χ3n) is 3.62. The second kappa shape index (κ2) is 7.70. The van der Waals surface area contributed by atoms with Crippen molar-refractivity contribution >= 4 is 14.4 Å². The first kappa shape index (κ1) is 18.2. The molecule has 112 valence electrons. The summed E-state index contributed by atoms with van der Waals surface area (Å²) in [6.07, 6.45) is 4.59. The molecule has 0 aromatic heterocycles. The van der Waals surface area contributed by atoms with Crippen molar-refractivity contribution in [2.24, 2.45) is 0 Å². The number of nitrogens with one attached hydrogen (secondary N) is 1. The van der Waals surface area contributed by atoms with Gasteiger partial charge in [0.25, 0.3) is 0 Å². The van der Waals surface area contributed by atoms with Gasteiger partial charge in [-0.2, -0.15) is 0 Å². The monoisotopic (exact) mass is 287 g/mol. The first-order valence-corrected chi connectivity index (χ1v) is 9.81.